The molecule has 0 radical (unpaired) electrons. The maximum Gasteiger partial charge on any atom is 0.426 e. The molecule has 1 aliphatic rings. The van der Waals surface area contributed by atoms with Crippen LogP contribution in [-0.4, -0.2) is 65.4 Å². The highest BCUT2D eigenvalue weighted by molar-refractivity contribution is 5.97. The molecule has 0 unspecified atom stereocenters. The first kappa shape index (κ1) is 23.3. The molecule has 1 aliphatic heterocycles. The Morgan fingerprint density at radius 3 is 2.13 bits per heavy atom. The van der Waals surface area contributed by atoms with Gasteiger partial charge in [-0.25, -0.2) is 15.0 Å². The van der Waals surface area contributed by atoms with Crippen molar-refractivity contribution >= 4 is 18.1 Å². The smallest absolute Gasteiger partial charge is 0.426 e. The number of hydrazine groups is 1. The molecule has 3 amide bonds. The lowest BCUT2D eigenvalue weighted by Crippen LogP contribution is -2.57. The summed E-state index contributed by atoms with van der Waals surface area (Å²) in [5.41, 5.74) is 1.43. The largest absolute Gasteiger partial charge is 0.486 e. The number of carbonyl (C=O) groups is 3. The molecule has 1 aromatic rings. The van der Waals surface area contributed by atoms with E-state index < -0.39 is 29.3 Å². The van der Waals surface area contributed by atoms with Crippen molar-refractivity contribution in [1.29, 1.82) is 0 Å². The molecule has 0 aromatic heterocycles. The van der Waals surface area contributed by atoms with E-state index in [9.17, 15) is 14.4 Å². The average Bonchev–Trinajstić information content (AvgIpc) is 2.53. The molecular weight excluding hydrogens is 390 g/mol. The molecule has 1 heterocycles. The molecule has 9 heteroatoms. The second kappa shape index (κ2) is 8.81. The minimum absolute atomic E-state index is 0.254. The molecule has 0 aliphatic carbocycles. The first-order valence-corrected chi connectivity index (χ1v) is 9.76. The second-order valence-electron chi connectivity index (χ2n) is 9.10. The molecule has 2 rings (SSSR count). The summed E-state index contributed by atoms with van der Waals surface area (Å²) >= 11 is 0. The van der Waals surface area contributed by atoms with Gasteiger partial charge >= 0.3 is 12.2 Å². The predicted molar refractivity (Wildman–Crippen MR) is 110 cm³/mol. The van der Waals surface area contributed by atoms with Crippen LogP contribution in [0.15, 0.2) is 24.3 Å². The third-order valence-corrected chi connectivity index (χ3v) is 3.87. The number of para-hydroxylation sites is 1. The Morgan fingerprint density at radius 1 is 1.00 bits per heavy atom. The number of carbonyl (C=O) groups excluding carboxylic acids is 3. The van der Waals surface area contributed by atoms with Gasteiger partial charge in [0, 0.05) is 7.05 Å². The van der Waals surface area contributed by atoms with Gasteiger partial charge in [0.05, 0.1) is 18.7 Å². The van der Waals surface area contributed by atoms with Crippen LogP contribution in [0.3, 0.4) is 0 Å². The number of benzene rings is 1. The number of likely N-dealkylation sites (tertiary alicyclic amines) is 1. The van der Waals surface area contributed by atoms with E-state index in [-0.39, 0.29) is 11.7 Å². The van der Waals surface area contributed by atoms with Crippen LogP contribution in [0.2, 0.25) is 0 Å². The van der Waals surface area contributed by atoms with Gasteiger partial charge in [-0.15, -0.1) is 0 Å². The van der Waals surface area contributed by atoms with E-state index in [1.165, 1.54) is 11.9 Å². The number of rotatable bonds is 3. The maximum atomic E-state index is 12.8. The monoisotopic (exact) mass is 421 g/mol. The van der Waals surface area contributed by atoms with Gasteiger partial charge in [0.25, 0.3) is 5.91 Å². The van der Waals surface area contributed by atoms with Gasteiger partial charge in [0.15, 0.2) is 0 Å². The number of hydrogen-bond donors (Lipinski definition) is 1. The highest BCUT2D eigenvalue weighted by Gasteiger charge is 2.36. The maximum absolute atomic E-state index is 12.8. The molecule has 166 valence electrons. The summed E-state index contributed by atoms with van der Waals surface area (Å²) in [5, 5.41) is 1.05. The van der Waals surface area contributed by atoms with Crippen molar-refractivity contribution in [2.24, 2.45) is 0 Å². The van der Waals surface area contributed by atoms with Gasteiger partial charge < -0.3 is 19.1 Å². The fourth-order valence-corrected chi connectivity index (χ4v) is 2.58. The average molecular weight is 421 g/mol. The van der Waals surface area contributed by atoms with Crippen molar-refractivity contribution in [2.45, 2.75) is 58.8 Å². The Labute approximate surface area is 177 Å². The molecule has 0 saturated carbocycles. The Balaban J connectivity index is 1.96. The SMILES string of the molecule is CN(NC(=O)OC(C)(C)C)C(=O)c1ccccc1OC1CN(C(=O)OC(C)(C)C)C1. The number of nitrogens with zero attached hydrogens (tertiary/aromatic N) is 2. The van der Waals surface area contributed by atoms with Crippen molar-refractivity contribution in [2.75, 3.05) is 20.1 Å². The Bertz CT molecular complexity index is 791. The number of amides is 3. The molecule has 0 bridgehead atoms. The van der Waals surface area contributed by atoms with Crippen molar-refractivity contribution < 1.29 is 28.6 Å². The zero-order chi connectivity index (χ0) is 22.7. The first-order valence-electron chi connectivity index (χ1n) is 9.76. The lowest BCUT2D eigenvalue weighted by Gasteiger charge is -2.39. The fourth-order valence-electron chi connectivity index (χ4n) is 2.58. The molecule has 0 spiro atoms. The Kier molecular flexibility index (Phi) is 6.84. The molecular formula is C21H31N3O6. The van der Waals surface area contributed by atoms with E-state index in [2.05, 4.69) is 5.43 Å². The van der Waals surface area contributed by atoms with E-state index in [4.69, 9.17) is 14.2 Å². The lowest BCUT2D eigenvalue weighted by molar-refractivity contribution is -0.0224. The first-order chi connectivity index (χ1) is 13.7. The third kappa shape index (κ3) is 6.82. The van der Waals surface area contributed by atoms with E-state index in [0.29, 0.717) is 18.8 Å². The van der Waals surface area contributed by atoms with Crippen LogP contribution in [0.1, 0.15) is 51.9 Å². The van der Waals surface area contributed by atoms with Crippen LogP contribution in [0.25, 0.3) is 0 Å². The van der Waals surface area contributed by atoms with Crippen LogP contribution >= 0.6 is 0 Å². The third-order valence-electron chi connectivity index (χ3n) is 3.87. The highest BCUT2D eigenvalue weighted by Crippen LogP contribution is 2.24. The minimum Gasteiger partial charge on any atom is -0.486 e. The summed E-state index contributed by atoms with van der Waals surface area (Å²) in [7, 11) is 1.43. The van der Waals surface area contributed by atoms with Crippen LogP contribution in [0.4, 0.5) is 9.59 Å². The summed E-state index contributed by atoms with van der Waals surface area (Å²) in [6.45, 7) is 11.4. The highest BCUT2D eigenvalue weighted by atomic mass is 16.6. The van der Waals surface area contributed by atoms with Gasteiger partial charge in [0.1, 0.15) is 23.1 Å². The standard InChI is InChI=1S/C21H31N3O6/c1-20(2,3)29-18(26)22-23(7)17(25)15-10-8-9-11-16(15)28-14-12-24(13-14)19(27)30-21(4,5)6/h8-11,14H,12-13H2,1-7H3,(H,22,26). The summed E-state index contributed by atoms with van der Waals surface area (Å²) in [4.78, 5) is 38.3. The second-order valence-corrected chi connectivity index (χ2v) is 9.10. The predicted octanol–water partition coefficient (Wildman–Crippen LogP) is 3.20. The van der Waals surface area contributed by atoms with Gasteiger partial charge in [-0.05, 0) is 53.7 Å². The molecule has 9 nitrogen and oxygen atoms in total. The Morgan fingerprint density at radius 2 is 1.57 bits per heavy atom. The van der Waals surface area contributed by atoms with Gasteiger partial charge in [-0.1, -0.05) is 12.1 Å². The quantitative estimate of drug-likeness (QED) is 0.753. The lowest BCUT2D eigenvalue weighted by atomic mass is 10.1. The van der Waals surface area contributed by atoms with Gasteiger partial charge in [0.2, 0.25) is 0 Å². The fraction of sp³-hybridized carbons (Fsp3) is 0.571. The van der Waals surface area contributed by atoms with Crippen LogP contribution in [0.5, 0.6) is 5.75 Å². The summed E-state index contributed by atoms with van der Waals surface area (Å²) < 4.78 is 16.4. The topological polar surface area (TPSA) is 97.4 Å². The van der Waals surface area contributed by atoms with Crippen molar-refractivity contribution in [1.82, 2.24) is 15.3 Å². The molecule has 1 aromatic carbocycles. The van der Waals surface area contributed by atoms with Crippen LogP contribution in [0, 0.1) is 0 Å². The van der Waals surface area contributed by atoms with E-state index in [1.807, 2.05) is 20.8 Å². The zero-order valence-corrected chi connectivity index (χ0v) is 18.6. The number of ether oxygens (including phenoxy) is 3. The molecule has 0 atom stereocenters. The van der Waals surface area contributed by atoms with Crippen molar-refractivity contribution in [3.63, 3.8) is 0 Å². The van der Waals surface area contributed by atoms with E-state index in [1.54, 1.807) is 45.0 Å². The summed E-state index contributed by atoms with van der Waals surface area (Å²) in [5.74, 6) is -0.0889. The van der Waals surface area contributed by atoms with Gasteiger partial charge in [-0.2, -0.15) is 0 Å². The van der Waals surface area contributed by atoms with E-state index >= 15 is 0 Å². The van der Waals surface area contributed by atoms with Crippen LogP contribution < -0.4 is 10.2 Å². The van der Waals surface area contributed by atoms with Crippen molar-refractivity contribution in [3.05, 3.63) is 29.8 Å². The Hall–Kier alpha value is -2.97. The molecule has 30 heavy (non-hydrogen) atoms. The molecule has 1 fully saturated rings. The summed E-state index contributed by atoms with van der Waals surface area (Å²) in [6, 6.07) is 6.73. The minimum atomic E-state index is -0.733. The molecule has 1 saturated heterocycles. The normalized spacial score (nSPS) is 14.4. The van der Waals surface area contributed by atoms with Crippen molar-refractivity contribution in [3.8, 4) is 5.75 Å². The number of nitrogens with one attached hydrogen (secondary N) is 1. The summed E-state index contributed by atoms with van der Waals surface area (Å²) in [6.07, 6.45) is -1.38. The van der Waals surface area contributed by atoms with Gasteiger partial charge in [-0.3, -0.25) is 9.80 Å². The van der Waals surface area contributed by atoms with E-state index in [0.717, 1.165) is 5.01 Å². The molecule has 1 N–H and O–H groups in total. The number of hydrogen-bond acceptors (Lipinski definition) is 6. The van der Waals surface area contributed by atoms with Crippen LogP contribution in [-0.2, 0) is 9.47 Å². The zero-order valence-electron chi connectivity index (χ0n) is 18.6.